The van der Waals surface area contributed by atoms with Crippen LogP contribution in [0.25, 0.3) is 0 Å². The van der Waals surface area contributed by atoms with E-state index in [1.807, 2.05) is 6.07 Å². The minimum atomic E-state index is -0.648. The number of Topliss-reactive ketones (excluding diaryl/α,β-unsaturated/α-hetero) is 1. The number of hydrogen-bond donors (Lipinski definition) is 2. The second-order valence-electron chi connectivity index (χ2n) is 8.41. The van der Waals surface area contributed by atoms with Crippen LogP contribution in [0.4, 0.5) is 10.1 Å². The first kappa shape index (κ1) is 21.0. The van der Waals surface area contributed by atoms with Gasteiger partial charge in [-0.1, -0.05) is 13.8 Å². The van der Waals surface area contributed by atoms with Crippen molar-refractivity contribution >= 4 is 17.3 Å². The number of anilines is 1. The number of carbonyl (C=O) groups excluding carboxylic acids is 1. The number of fused-ring (bicyclic) bond motifs is 2. The van der Waals surface area contributed by atoms with E-state index in [9.17, 15) is 9.18 Å². The first-order valence-corrected chi connectivity index (χ1v) is 10.0. The number of carbonyl (C=O) groups is 1. The van der Waals surface area contributed by atoms with Gasteiger partial charge in [-0.15, -0.1) is 0 Å². The third kappa shape index (κ3) is 3.26. The Bertz CT molecular complexity index is 1100. The number of amidine groups is 1. The maximum absolute atomic E-state index is 15.0. The Morgan fingerprint density at radius 2 is 2.03 bits per heavy atom. The molecule has 0 radical (unpaired) electrons. The fourth-order valence-corrected chi connectivity index (χ4v) is 4.19. The molecule has 2 aromatic rings. The van der Waals surface area contributed by atoms with Gasteiger partial charge in [0, 0.05) is 30.1 Å². The highest BCUT2D eigenvalue weighted by Crippen LogP contribution is 2.44. The molecule has 0 amide bonds. The van der Waals surface area contributed by atoms with Gasteiger partial charge in [-0.3, -0.25) is 10.2 Å². The van der Waals surface area contributed by atoms with Crippen molar-refractivity contribution in [2.45, 2.75) is 25.8 Å². The van der Waals surface area contributed by atoms with Gasteiger partial charge in [-0.05, 0) is 23.8 Å². The lowest BCUT2D eigenvalue weighted by molar-refractivity contribution is 0.0962. The highest BCUT2D eigenvalue weighted by atomic mass is 19.1. The molecule has 2 heterocycles. The zero-order chi connectivity index (χ0) is 22.5. The number of methoxy groups -OCH3 is 2. The number of rotatable bonds is 6. The SMILES string of the molecule is CNc1cc(C(=O)CN2Cc3cc(OC)c(OC)c(F)c3C2=N)cc2c1OCC2(C)C. The number of hydrogen-bond acceptors (Lipinski definition) is 6. The Morgan fingerprint density at radius 1 is 1.29 bits per heavy atom. The van der Waals surface area contributed by atoms with E-state index < -0.39 is 5.82 Å². The Morgan fingerprint density at radius 3 is 2.68 bits per heavy atom. The zero-order valence-corrected chi connectivity index (χ0v) is 18.3. The summed E-state index contributed by atoms with van der Waals surface area (Å²) in [5, 5.41) is 11.6. The van der Waals surface area contributed by atoms with Crippen LogP contribution in [-0.4, -0.2) is 50.9 Å². The van der Waals surface area contributed by atoms with E-state index in [0.717, 1.165) is 17.0 Å². The van der Waals surface area contributed by atoms with E-state index in [0.29, 0.717) is 17.7 Å². The van der Waals surface area contributed by atoms with Gasteiger partial charge in [0.05, 0.1) is 38.6 Å². The largest absolute Gasteiger partial charge is 0.493 e. The molecular weight excluding hydrogens is 401 g/mol. The fourth-order valence-electron chi connectivity index (χ4n) is 4.19. The van der Waals surface area contributed by atoms with E-state index in [2.05, 4.69) is 19.2 Å². The van der Waals surface area contributed by atoms with Crippen LogP contribution in [0, 0.1) is 11.2 Å². The predicted molar refractivity (Wildman–Crippen MR) is 116 cm³/mol. The lowest BCUT2D eigenvalue weighted by Gasteiger charge is -2.19. The summed E-state index contributed by atoms with van der Waals surface area (Å²) in [7, 11) is 4.57. The maximum Gasteiger partial charge on any atom is 0.197 e. The minimum Gasteiger partial charge on any atom is -0.493 e. The molecule has 0 unspecified atom stereocenters. The van der Waals surface area contributed by atoms with Crippen molar-refractivity contribution in [1.82, 2.24) is 4.90 Å². The molecule has 0 aromatic heterocycles. The van der Waals surface area contributed by atoms with E-state index in [-0.39, 0.29) is 47.2 Å². The quantitative estimate of drug-likeness (QED) is 0.686. The molecule has 7 nitrogen and oxygen atoms in total. The van der Waals surface area contributed by atoms with Crippen molar-refractivity contribution < 1.29 is 23.4 Å². The Balaban J connectivity index is 1.63. The van der Waals surface area contributed by atoms with Gasteiger partial charge >= 0.3 is 0 Å². The molecular formula is C23H26FN3O4. The van der Waals surface area contributed by atoms with Crippen LogP contribution in [0.5, 0.6) is 17.2 Å². The molecule has 2 aliphatic heterocycles. The van der Waals surface area contributed by atoms with Gasteiger partial charge in [0.15, 0.2) is 23.1 Å². The van der Waals surface area contributed by atoms with Gasteiger partial charge in [-0.25, -0.2) is 4.39 Å². The summed E-state index contributed by atoms with van der Waals surface area (Å²) in [6, 6.07) is 5.29. The molecule has 164 valence electrons. The lowest BCUT2D eigenvalue weighted by atomic mass is 9.85. The molecule has 0 aliphatic carbocycles. The van der Waals surface area contributed by atoms with Crippen molar-refractivity contribution in [3.05, 3.63) is 46.3 Å². The second-order valence-corrected chi connectivity index (χ2v) is 8.41. The number of halogens is 1. The van der Waals surface area contributed by atoms with Crippen molar-refractivity contribution in [2.75, 3.05) is 39.7 Å². The summed E-state index contributed by atoms with van der Waals surface area (Å²) in [5.74, 6) is 0.148. The minimum absolute atomic E-state index is 0.0409. The normalized spacial score (nSPS) is 15.9. The topological polar surface area (TPSA) is 83.9 Å². The predicted octanol–water partition coefficient (Wildman–Crippen LogP) is 3.58. The Labute approximate surface area is 180 Å². The van der Waals surface area contributed by atoms with Gasteiger partial charge in [0.25, 0.3) is 0 Å². The van der Waals surface area contributed by atoms with Crippen LogP contribution >= 0.6 is 0 Å². The third-order valence-electron chi connectivity index (χ3n) is 5.93. The Hall–Kier alpha value is -3.29. The third-order valence-corrected chi connectivity index (χ3v) is 5.93. The van der Waals surface area contributed by atoms with Crippen molar-refractivity contribution in [3.8, 4) is 17.2 Å². The molecule has 4 rings (SSSR count). The first-order valence-electron chi connectivity index (χ1n) is 10.0. The Kier molecular flexibility index (Phi) is 5.03. The highest BCUT2D eigenvalue weighted by molar-refractivity contribution is 6.06. The molecule has 0 saturated carbocycles. The van der Waals surface area contributed by atoms with Gasteiger partial charge in [0.2, 0.25) is 0 Å². The highest BCUT2D eigenvalue weighted by Gasteiger charge is 2.36. The monoisotopic (exact) mass is 427 g/mol. The average Bonchev–Trinajstić information content (AvgIpc) is 3.23. The summed E-state index contributed by atoms with van der Waals surface area (Å²) in [4.78, 5) is 14.7. The van der Waals surface area contributed by atoms with Gasteiger partial charge in [0.1, 0.15) is 11.6 Å². The standard InChI is InChI=1S/C23H26FN3O4/c1-23(2)11-31-20-14(23)6-12(7-15(20)26-3)16(28)10-27-9-13-8-17(29-4)21(30-5)19(24)18(13)22(27)25/h6-8,25-26H,9-11H2,1-5H3. The number of nitrogens with one attached hydrogen (secondary N) is 2. The summed E-state index contributed by atoms with van der Waals surface area (Å²) in [6.45, 7) is 4.89. The van der Waals surface area contributed by atoms with Crippen LogP contribution in [-0.2, 0) is 12.0 Å². The van der Waals surface area contributed by atoms with Crippen molar-refractivity contribution in [3.63, 3.8) is 0 Å². The van der Waals surface area contributed by atoms with Crippen LogP contribution in [0.2, 0.25) is 0 Å². The van der Waals surface area contributed by atoms with Crippen LogP contribution in [0.15, 0.2) is 18.2 Å². The molecule has 0 saturated heterocycles. The molecule has 31 heavy (non-hydrogen) atoms. The van der Waals surface area contributed by atoms with E-state index in [1.165, 1.54) is 14.2 Å². The molecule has 8 heteroatoms. The smallest absolute Gasteiger partial charge is 0.197 e. The summed E-state index contributed by atoms with van der Waals surface area (Å²) in [5.41, 5.74) is 2.79. The van der Waals surface area contributed by atoms with Crippen molar-refractivity contribution in [2.24, 2.45) is 0 Å². The summed E-state index contributed by atoms with van der Waals surface area (Å²) < 4.78 is 31.1. The van der Waals surface area contributed by atoms with Crippen LogP contribution in [0.1, 0.15) is 40.9 Å². The lowest BCUT2D eigenvalue weighted by Crippen LogP contribution is -2.30. The average molecular weight is 427 g/mol. The molecule has 0 fully saturated rings. The molecule has 2 aromatic carbocycles. The zero-order valence-electron chi connectivity index (χ0n) is 18.3. The molecule has 2 aliphatic rings. The van der Waals surface area contributed by atoms with Crippen LogP contribution in [0.3, 0.4) is 0 Å². The van der Waals surface area contributed by atoms with Crippen molar-refractivity contribution in [1.29, 1.82) is 5.41 Å². The number of ether oxygens (including phenoxy) is 3. The fraction of sp³-hybridized carbons (Fsp3) is 0.391. The maximum atomic E-state index is 15.0. The number of ketones is 1. The van der Waals surface area contributed by atoms with E-state index in [1.54, 1.807) is 24.1 Å². The van der Waals surface area contributed by atoms with E-state index in [4.69, 9.17) is 19.6 Å². The van der Waals surface area contributed by atoms with E-state index >= 15 is 0 Å². The number of benzene rings is 2. The first-order chi connectivity index (χ1) is 14.7. The molecule has 0 spiro atoms. The summed E-state index contributed by atoms with van der Waals surface area (Å²) >= 11 is 0. The molecule has 0 bridgehead atoms. The molecule has 0 atom stereocenters. The van der Waals surface area contributed by atoms with Gasteiger partial charge in [-0.2, -0.15) is 0 Å². The number of nitrogens with zero attached hydrogens (tertiary/aromatic N) is 1. The molecule has 2 N–H and O–H groups in total. The second kappa shape index (κ2) is 7.44. The summed E-state index contributed by atoms with van der Waals surface area (Å²) in [6.07, 6.45) is 0. The van der Waals surface area contributed by atoms with Gasteiger partial charge < -0.3 is 24.4 Å². The van der Waals surface area contributed by atoms with Crippen LogP contribution < -0.4 is 19.5 Å².